The van der Waals surface area contributed by atoms with Crippen LogP contribution in [-0.2, 0) is 0 Å². The molecule has 0 aliphatic carbocycles. The summed E-state index contributed by atoms with van der Waals surface area (Å²) in [7, 11) is 37.5. The van der Waals surface area contributed by atoms with Crippen LogP contribution in [0.2, 0.25) is 0 Å². The molecule has 0 bridgehead atoms. The van der Waals surface area contributed by atoms with Gasteiger partial charge >= 0.3 is 0 Å². The van der Waals surface area contributed by atoms with Crippen LogP contribution in [0.3, 0.4) is 0 Å². The lowest BCUT2D eigenvalue weighted by atomic mass is 9.59. The van der Waals surface area contributed by atoms with Crippen molar-refractivity contribution in [2.24, 2.45) is 0 Å². The summed E-state index contributed by atoms with van der Waals surface area (Å²) in [5.41, 5.74) is 34.0. The van der Waals surface area contributed by atoms with Crippen molar-refractivity contribution in [2.45, 2.75) is 0 Å². The third-order valence-electron chi connectivity index (χ3n) is 16.1. The number of aromatic nitrogens is 2. The number of hydrogen-bond donors (Lipinski definition) is 0. The smallest absolute Gasteiger partial charge is 0.160 e. The van der Waals surface area contributed by atoms with Crippen molar-refractivity contribution in [3.63, 3.8) is 0 Å². The van der Waals surface area contributed by atoms with E-state index in [1.807, 2.05) is 0 Å². The second kappa shape index (κ2) is 13.7. The Balaban J connectivity index is 1.28. The van der Waals surface area contributed by atoms with Gasteiger partial charge in [0.25, 0.3) is 0 Å². The molecular formula is C42H42B16N2O. The molecule has 0 saturated heterocycles. The molecular weight excluding hydrogens is 721 g/mol. The molecule has 10 aromatic rings. The van der Waals surface area contributed by atoms with Crippen LogP contribution in [0.15, 0.2) is 65.1 Å². The minimum absolute atomic E-state index is 0.921. The molecule has 0 spiro atoms. The largest absolute Gasteiger partial charge is 0.454 e. The number of furan rings is 1. The van der Waals surface area contributed by atoms with Gasteiger partial charge < -0.3 is 13.6 Å². The van der Waals surface area contributed by atoms with Crippen molar-refractivity contribution in [3.8, 4) is 22.5 Å². The van der Waals surface area contributed by atoms with Crippen LogP contribution in [-0.4, -0.2) is 135 Å². The molecule has 61 heavy (non-hydrogen) atoms. The standard InChI is InChI=1S/C42H42B16N2O/c43-21-17(22(44)32(54)40(31(21)53)59-15-7-3-1-5-11(15)13-9-10-14-12-6-2-4-8-16(12)61-42(14)37(13)59)18-23(45)33(55)41(34(56)24(18)46)60-38-19(25(47)27(49)29(51)35(38)57)20-26(48)28(50)30(52)36(58)39(20)60/h1-10H,43-58H2. The molecule has 0 aliphatic rings. The van der Waals surface area contributed by atoms with Gasteiger partial charge in [-0.1, -0.05) is 119 Å². The normalized spacial score (nSPS) is 12.0. The van der Waals surface area contributed by atoms with Gasteiger partial charge in [-0.05, 0) is 40.1 Å². The first-order chi connectivity index (χ1) is 29.0. The van der Waals surface area contributed by atoms with E-state index < -0.39 is 0 Å². The van der Waals surface area contributed by atoms with Crippen LogP contribution in [0.25, 0.3) is 88.1 Å². The fraction of sp³-hybridized carbons (Fsp3) is 0. The molecule has 0 unspecified atom stereocenters. The summed E-state index contributed by atoms with van der Waals surface area (Å²) in [6.45, 7) is 0. The van der Waals surface area contributed by atoms with Crippen molar-refractivity contribution in [2.75, 3.05) is 0 Å². The highest BCUT2D eigenvalue weighted by atomic mass is 16.3. The van der Waals surface area contributed by atoms with Gasteiger partial charge in [-0.2, -0.15) is 0 Å². The molecule has 3 aromatic heterocycles. The predicted molar refractivity (Wildman–Crippen MR) is 319 cm³/mol. The second-order valence-electron chi connectivity index (χ2n) is 18.5. The Hall–Kier alpha value is -5.02. The van der Waals surface area contributed by atoms with Crippen LogP contribution in [0.1, 0.15) is 0 Å². The topological polar surface area (TPSA) is 23.0 Å². The van der Waals surface area contributed by atoms with Crippen molar-refractivity contribution < 1.29 is 4.42 Å². The first-order valence-electron chi connectivity index (χ1n) is 22.1. The van der Waals surface area contributed by atoms with Crippen LogP contribution < -0.4 is 87.4 Å². The Morgan fingerprint density at radius 1 is 0.311 bits per heavy atom. The van der Waals surface area contributed by atoms with Crippen molar-refractivity contribution in [3.05, 3.63) is 60.7 Å². The first-order valence-corrected chi connectivity index (χ1v) is 22.1. The molecule has 0 amide bonds. The average Bonchev–Trinajstić information content (AvgIpc) is 3.92. The van der Waals surface area contributed by atoms with Crippen molar-refractivity contribution in [1.29, 1.82) is 0 Å². The van der Waals surface area contributed by atoms with E-state index in [-0.39, 0.29) is 0 Å². The maximum Gasteiger partial charge on any atom is 0.160 e. The number of nitrogens with zero attached hydrogens (tertiary/aromatic N) is 2. The zero-order chi connectivity index (χ0) is 43.4. The van der Waals surface area contributed by atoms with Crippen molar-refractivity contribution in [1.82, 2.24) is 9.13 Å². The zero-order valence-electron chi connectivity index (χ0n) is 39.1. The first kappa shape index (κ1) is 40.1. The fourth-order valence-electron chi connectivity index (χ4n) is 11.6. The van der Waals surface area contributed by atoms with Crippen molar-refractivity contribution >= 4 is 278 Å². The number of rotatable bonds is 3. The maximum absolute atomic E-state index is 6.77. The Labute approximate surface area is 373 Å². The fourth-order valence-corrected chi connectivity index (χ4v) is 11.6. The molecule has 3 heterocycles. The monoisotopic (exact) mass is 766 g/mol. The Morgan fingerprint density at radius 3 is 1.23 bits per heavy atom. The van der Waals surface area contributed by atoms with E-state index in [2.05, 4.69) is 195 Å². The molecule has 19 heteroatoms. The number of fused-ring (bicyclic) bond motifs is 10. The highest BCUT2D eigenvalue weighted by Crippen LogP contribution is 2.39. The number of para-hydroxylation sites is 2. The molecule has 0 atom stereocenters. The molecule has 3 nitrogen and oxygen atoms in total. The van der Waals surface area contributed by atoms with E-state index in [9.17, 15) is 0 Å². The van der Waals surface area contributed by atoms with E-state index in [0.717, 1.165) is 27.5 Å². The van der Waals surface area contributed by atoms with Gasteiger partial charge in [-0.25, -0.2) is 0 Å². The molecule has 0 radical (unpaired) electrons. The van der Waals surface area contributed by atoms with E-state index in [1.54, 1.807) is 0 Å². The van der Waals surface area contributed by atoms with E-state index in [1.165, 1.54) is 148 Å². The summed E-state index contributed by atoms with van der Waals surface area (Å²) >= 11 is 0. The minimum Gasteiger partial charge on any atom is -0.454 e. The van der Waals surface area contributed by atoms with E-state index in [4.69, 9.17) is 4.42 Å². The highest BCUT2D eigenvalue weighted by molar-refractivity contribution is 6.72. The summed E-state index contributed by atoms with van der Waals surface area (Å²) in [6, 6.07) is 21.8. The number of hydrogen-bond acceptors (Lipinski definition) is 1. The summed E-state index contributed by atoms with van der Waals surface area (Å²) in [6.07, 6.45) is 0. The molecule has 0 saturated carbocycles. The second-order valence-corrected chi connectivity index (χ2v) is 18.5. The zero-order valence-corrected chi connectivity index (χ0v) is 39.1. The lowest BCUT2D eigenvalue weighted by molar-refractivity contribution is 0.671. The van der Waals surface area contributed by atoms with Gasteiger partial charge in [0.15, 0.2) is 5.58 Å². The molecule has 7 aromatic carbocycles. The van der Waals surface area contributed by atoms with Crippen LogP contribution in [0.4, 0.5) is 0 Å². The van der Waals surface area contributed by atoms with Gasteiger partial charge in [0.2, 0.25) is 0 Å². The predicted octanol–water partition coefficient (Wildman–Crippen LogP) is -16.4. The summed E-state index contributed by atoms with van der Waals surface area (Å²) < 4.78 is 12.0. The SMILES string of the molecule is Bc1c(B)c(-n2c3c(B)c(B)c(B)c(B)c3c3c(B)c(B)c(B)c(B)c32)c(B)c(B)c1-c1c(B)c(B)c(-n2c3ccccc3c3ccc4c5ccccc5oc4c32)c(B)c1B. The summed E-state index contributed by atoms with van der Waals surface area (Å²) in [5.74, 6) is 0. The van der Waals surface area contributed by atoms with Crippen LogP contribution >= 0.6 is 0 Å². The average molecular weight is 764 g/mol. The third kappa shape index (κ3) is 5.10. The minimum atomic E-state index is 0.921. The number of benzene rings is 7. The molecule has 0 N–H and O–H groups in total. The lowest BCUT2D eigenvalue weighted by Crippen LogP contribution is -2.52. The quantitative estimate of drug-likeness (QED) is 0.164. The van der Waals surface area contributed by atoms with E-state index in [0.29, 0.717) is 0 Å². The lowest BCUT2D eigenvalue weighted by Gasteiger charge is -2.29. The Bertz CT molecular complexity index is 3540. The van der Waals surface area contributed by atoms with Gasteiger partial charge in [0.1, 0.15) is 131 Å². The van der Waals surface area contributed by atoms with Gasteiger partial charge in [-0.15, -0.1) is 10.9 Å². The van der Waals surface area contributed by atoms with Crippen LogP contribution in [0.5, 0.6) is 0 Å². The summed E-state index contributed by atoms with van der Waals surface area (Å²) in [5, 5.41) is 7.58. The van der Waals surface area contributed by atoms with Crippen LogP contribution in [0, 0.1) is 0 Å². The van der Waals surface area contributed by atoms with Gasteiger partial charge in [-0.3, -0.25) is 0 Å². The highest BCUT2D eigenvalue weighted by Gasteiger charge is 2.29. The molecule has 274 valence electrons. The van der Waals surface area contributed by atoms with Gasteiger partial charge in [0.05, 0.1) is 11.0 Å². The van der Waals surface area contributed by atoms with Gasteiger partial charge in [0, 0.05) is 44.0 Å². The molecule has 10 rings (SSSR count). The maximum atomic E-state index is 6.77. The third-order valence-corrected chi connectivity index (χ3v) is 16.1. The Kier molecular flexibility index (Phi) is 9.03. The summed E-state index contributed by atoms with van der Waals surface area (Å²) in [4.78, 5) is 0. The van der Waals surface area contributed by atoms with E-state index >= 15 is 0 Å². The molecule has 0 fully saturated rings. The Morgan fingerprint density at radius 2 is 0.721 bits per heavy atom. The molecule has 0 aliphatic heterocycles.